The highest BCUT2D eigenvalue weighted by Crippen LogP contribution is 2.32. The summed E-state index contributed by atoms with van der Waals surface area (Å²) in [5, 5.41) is 0. The van der Waals surface area contributed by atoms with E-state index in [-0.39, 0.29) is 0 Å². The van der Waals surface area contributed by atoms with Crippen LogP contribution in [0.3, 0.4) is 0 Å². The van der Waals surface area contributed by atoms with Gasteiger partial charge in [0, 0.05) is 25.4 Å². The molecular formula is C28H21N5. The van der Waals surface area contributed by atoms with Crippen LogP contribution in [0.15, 0.2) is 134 Å². The summed E-state index contributed by atoms with van der Waals surface area (Å²) in [5.41, 5.74) is 10.4. The van der Waals surface area contributed by atoms with Crippen LogP contribution < -0.4 is 4.90 Å². The van der Waals surface area contributed by atoms with Gasteiger partial charge in [0.15, 0.2) is 0 Å². The Hall–Kier alpha value is -4.38. The van der Waals surface area contributed by atoms with E-state index in [0.29, 0.717) is 0 Å². The predicted molar refractivity (Wildman–Crippen MR) is 138 cm³/mol. The Bertz CT molecular complexity index is 1440. The van der Waals surface area contributed by atoms with Gasteiger partial charge in [0.1, 0.15) is 0 Å². The Morgan fingerprint density at radius 3 is 1.58 bits per heavy atom. The molecule has 0 aliphatic carbocycles. The van der Waals surface area contributed by atoms with Crippen molar-refractivity contribution >= 4 is 34.1 Å². The Morgan fingerprint density at radius 1 is 0.515 bits per heavy atom. The van der Waals surface area contributed by atoms with Gasteiger partial charge in [0.2, 0.25) is 0 Å². The largest absolute Gasteiger partial charge is 0.378 e. The smallest absolute Gasteiger partial charge is 0.0737 e. The molecule has 1 aromatic rings. The van der Waals surface area contributed by atoms with Gasteiger partial charge in [-0.2, -0.15) is 0 Å². The van der Waals surface area contributed by atoms with Crippen molar-refractivity contribution in [2.45, 2.75) is 0 Å². The molecule has 0 saturated carbocycles. The second-order valence-electron chi connectivity index (χ2n) is 8.38. The van der Waals surface area contributed by atoms with Gasteiger partial charge in [-0.1, -0.05) is 12.1 Å². The van der Waals surface area contributed by atoms with Gasteiger partial charge in [-0.05, 0) is 84.5 Å². The van der Waals surface area contributed by atoms with Crippen LogP contribution in [-0.2, 0) is 0 Å². The molecule has 8 bridgehead atoms. The summed E-state index contributed by atoms with van der Waals surface area (Å²) in [7, 11) is 4.09. The van der Waals surface area contributed by atoms with Crippen LogP contribution in [0.4, 0.5) is 5.69 Å². The van der Waals surface area contributed by atoms with E-state index in [1.54, 1.807) is 0 Å². The van der Waals surface area contributed by atoms with Crippen molar-refractivity contribution < 1.29 is 0 Å². The SMILES string of the molecule is CN(C)c1ccc(C2=CC3=NC2=CC2=NC(=CC4=NC(=CC5=NC(=C3)C=C5)C=C4)C=C2)cc1. The average Bonchev–Trinajstić information content (AvgIpc) is 3.59. The first-order valence-electron chi connectivity index (χ1n) is 10.8. The second kappa shape index (κ2) is 7.64. The number of benzene rings is 1. The van der Waals surface area contributed by atoms with Crippen LogP contribution in [0, 0.1) is 0 Å². The fourth-order valence-corrected chi connectivity index (χ4v) is 4.07. The lowest BCUT2D eigenvalue weighted by atomic mass is 10.0. The molecule has 0 radical (unpaired) electrons. The summed E-state index contributed by atoms with van der Waals surface area (Å²) in [6.07, 6.45) is 22.2. The van der Waals surface area contributed by atoms with E-state index in [2.05, 4.69) is 40.2 Å². The first-order chi connectivity index (χ1) is 16.1. The molecule has 5 aliphatic heterocycles. The van der Waals surface area contributed by atoms with Crippen LogP contribution in [0.2, 0.25) is 0 Å². The van der Waals surface area contributed by atoms with Gasteiger partial charge in [0.05, 0.1) is 45.6 Å². The van der Waals surface area contributed by atoms with Crippen LogP contribution in [-0.4, -0.2) is 36.9 Å². The summed E-state index contributed by atoms with van der Waals surface area (Å²) in [6, 6.07) is 8.53. The number of hydrogen-bond donors (Lipinski definition) is 0. The molecule has 33 heavy (non-hydrogen) atoms. The highest BCUT2D eigenvalue weighted by atomic mass is 15.1. The van der Waals surface area contributed by atoms with E-state index < -0.39 is 0 Å². The van der Waals surface area contributed by atoms with E-state index >= 15 is 0 Å². The standard InChI is InChI=1S/C28H21N5/c1-33(2)26-11-3-18(4-12-26)27-16-25-15-23-8-7-21(30-23)13-19-5-6-20(29-19)14-22-9-10-24(31-22)17-28(27)32-25/h3-17H,1-2H3. The third kappa shape index (κ3) is 3.85. The first kappa shape index (κ1) is 19.3. The fraction of sp³-hybridized carbons (Fsp3) is 0.0714. The molecule has 1 aromatic carbocycles. The molecule has 0 amide bonds. The van der Waals surface area contributed by atoms with Gasteiger partial charge in [-0.15, -0.1) is 0 Å². The van der Waals surface area contributed by atoms with E-state index in [1.165, 1.54) is 0 Å². The van der Waals surface area contributed by atoms with Crippen LogP contribution in [0.1, 0.15) is 5.56 Å². The Kier molecular flexibility index (Phi) is 4.47. The minimum atomic E-state index is 0.872. The number of fused-ring (bicyclic) bond motifs is 4. The maximum Gasteiger partial charge on any atom is 0.0737 e. The first-order valence-corrected chi connectivity index (χ1v) is 10.8. The van der Waals surface area contributed by atoms with Gasteiger partial charge in [-0.25, -0.2) is 20.0 Å². The Balaban J connectivity index is 1.47. The zero-order valence-electron chi connectivity index (χ0n) is 18.4. The molecule has 158 valence electrons. The highest BCUT2D eigenvalue weighted by molar-refractivity contribution is 6.19. The molecule has 0 unspecified atom stereocenters. The number of hydrogen-bond acceptors (Lipinski definition) is 5. The molecule has 0 N–H and O–H groups in total. The highest BCUT2D eigenvalue weighted by Gasteiger charge is 2.18. The summed E-state index contributed by atoms with van der Waals surface area (Å²) >= 11 is 0. The number of rotatable bonds is 2. The Labute approximate surface area is 192 Å². The molecule has 6 rings (SSSR count). The van der Waals surface area contributed by atoms with Crippen molar-refractivity contribution in [3.05, 3.63) is 119 Å². The maximum atomic E-state index is 4.92. The molecule has 0 spiro atoms. The average molecular weight is 428 g/mol. The zero-order chi connectivity index (χ0) is 22.4. The summed E-state index contributed by atoms with van der Waals surface area (Å²) in [5.74, 6) is 0. The zero-order valence-corrected chi connectivity index (χ0v) is 18.4. The van der Waals surface area contributed by atoms with Crippen molar-refractivity contribution in [2.75, 3.05) is 19.0 Å². The second-order valence-corrected chi connectivity index (χ2v) is 8.38. The molecule has 0 aromatic heterocycles. The molecular weight excluding hydrogens is 406 g/mol. The van der Waals surface area contributed by atoms with Crippen LogP contribution in [0.5, 0.6) is 0 Å². The van der Waals surface area contributed by atoms with Gasteiger partial charge in [0.25, 0.3) is 0 Å². The lowest BCUT2D eigenvalue weighted by Gasteiger charge is -2.13. The fourth-order valence-electron chi connectivity index (χ4n) is 4.07. The summed E-state index contributed by atoms with van der Waals surface area (Å²) in [6.45, 7) is 0. The maximum absolute atomic E-state index is 4.92. The molecule has 0 atom stereocenters. The van der Waals surface area contributed by atoms with Crippen LogP contribution in [0.25, 0.3) is 5.57 Å². The minimum Gasteiger partial charge on any atom is -0.378 e. The monoisotopic (exact) mass is 427 g/mol. The van der Waals surface area contributed by atoms with Crippen molar-refractivity contribution in [1.29, 1.82) is 0 Å². The molecule has 5 heterocycles. The van der Waals surface area contributed by atoms with Crippen molar-refractivity contribution in [2.24, 2.45) is 20.0 Å². The minimum absolute atomic E-state index is 0.872. The third-order valence-corrected chi connectivity index (χ3v) is 5.73. The molecule has 5 nitrogen and oxygen atoms in total. The van der Waals surface area contributed by atoms with Crippen molar-refractivity contribution in [3.8, 4) is 0 Å². The van der Waals surface area contributed by atoms with E-state index in [1.807, 2.05) is 74.9 Å². The Morgan fingerprint density at radius 2 is 1.03 bits per heavy atom. The third-order valence-electron chi connectivity index (χ3n) is 5.73. The number of aliphatic imine (C=N–C) groups is 4. The van der Waals surface area contributed by atoms with Crippen LogP contribution >= 0.6 is 0 Å². The van der Waals surface area contributed by atoms with E-state index in [4.69, 9.17) is 15.0 Å². The van der Waals surface area contributed by atoms with Crippen molar-refractivity contribution in [1.82, 2.24) is 0 Å². The van der Waals surface area contributed by atoms with E-state index in [9.17, 15) is 0 Å². The summed E-state index contributed by atoms with van der Waals surface area (Å²) in [4.78, 5) is 21.2. The molecule has 5 aliphatic rings. The van der Waals surface area contributed by atoms with Gasteiger partial charge < -0.3 is 4.90 Å². The molecule has 0 saturated heterocycles. The molecule has 0 fully saturated rings. The lowest BCUT2D eigenvalue weighted by Crippen LogP contribution is -2.08. The van der Waals surface area contributed by atoms with Gasteiger partial charge >= 0.3 is 0 Å². The quantitative estimate of drug-likeness (QED) is 0.642. The number of allylic oxidation sites excluding steroid dienone is 12. The van der Waals surface area contributed by atoms with Gasteiger partial charge in [-0.3, -0.25) is 0 Å². The van der Waals surface area contributed by atoms with Crippen molar-refractivity contribution in [3.63, 3.8) is 0 Å². The normalized spacial score (nSPS) is 19.9. The molecule has 5 heteroatoms. The van der Waals surface area contributed by atoms with E-state index in [0.717, 1.165) is 62.5 Å². The lowest BCUT2D eigenvalue weighted by molar-refractivity contribution is 1.13. The predicted octanol–water partition coefficient (Wildman–Crippen LogP) is 5.17. The summed E-state index contributed by atoms with van der Waals surface area (Å²) < 4.78 is 0. The number of nitrogens with zero attached hydrogens (tertiary/aromatic N) is 5. The number of anilines is 1. The topological polar surface area (TPSA) is 52.7 Å².